The number of nitrogens with one attached hydrogen (secondary N) is 1. The van der Waals surface area contributed by atoms with Gasteiger partial charge in [-0.3, -0.25) is 4.79 Å². The van der Waals surface area contributed by atoms with E-state index in [0.717, 1.165) is 0 Å². The highest BCUT2D eigenvalue weighted by Gasteiger charge is 2.11. The molecule has 0 atom stereocenters. The molecule has 0 aliphatic heterocycles. The summed E-state index contributed by atoms with van der Waals surface area (Å²) in [4.78, 5) is 16.1. The summed E-state index contributed by atoms with van der Waals surface area (Å²) in [6.45, 7) is 0.0986. The lowest BCUT2D eigenvalue weighted by Crippen LogP contribution is -2.16. The summed E-state index contributed by atoms with van der Waals surface area (Å²) in [6, 6.07) is 3.01. The summed E-state index contributed by atoms with van der Waals surface area (Å²) in [7, 11) is 1.83. The molecule has 5 nitrogen and oxygen atoms in total. The molecule has 0 radical (unpaired) electrons. The molecule has 1 aromatic carbocycles. The van der Waals surface area contributed by atoms with Crippen molar-refractivity contribution in [1.82, 2.24) is 9.55 Å². The van der Waals surface area contributed by atoms with Crippen molar-refractivity contribution in [2.75, 3.05) is 17.6 Å². The average Bonchev–Trinajstić information content (AvgIpc) is 2.78. The van der Waals surface area contributed by atoms with Crippen LogP contribution in [0.4, 0.5) is 11.6 Å². The number of carbonyl (C=O) groups is 1. The number of hydrogen-bond donors (Lipinski definition) is 2. The van der Waals surface area contributed by atoms with E-state index in [-0.39, 0.29) is 28.1 Å². The summed E-state index contributed by atoms with van der Waals surface area (Å²) < 4.78 is 1.77. The van der Waals surface area contributed by atoms with Crippen LogP contribution in [0.1, 0.15) is 10.4 Å². The van der Waals surface area contributed by atoms with Gasteiger partial charge in [-0.1, -0.05) is 23.2 Å². The van der Waals surface area contributed by atoms with Crippen molar-refractivity contribution in [3.8, 4) is 0 Å². The van der Waals surface area contributed by atoms with Gasteiger partial charge in [0, 0.05) is 25.0 Å². The maximum atomic E-state index is 12.0. The summed E-state index contributed by atoms with van der Waals surface area (Å²) in [5.41, 5.74) is 6.30. The zero-order chi connectivity index (χ0) is 14.0. The fourth-order valence-corrected chi connectivity index (χ4v) is 2.03. The van der Waals surface area contributed by atoms with Gasteiger partial charge < -0.3 is 15.6 Å². The molecular formula is C12H12Cl2N4O. The third kappa shape index (κ3) is 3.00. The first kappa shape index (κ1) is 13.7. The van der Waals surface area contributed by atoms with Crippen LogP contribution < -0.4 is 11.1 Å². The zero-order valence-electron chi connectivity index (χ0n) is 10.2. The number of aryl methyl sites for hydroxylation is 1. The van der Waals surface area contributed by atoms with E-state index in [1.807, 2.05) is 7.05 Å². The van der Waals surface area contributed by atoms with Crippen molar-refractivity contribution in [2.45, 2.75) is 0 Å². The Labute approximate surface area is 120 Å². The van der Waals surface area contributed by atoms with Crippen molar-refractivity contribution < 1.29 is 4.79 Å². The molecule has 100 valence electrons. The molecule has 19 heavy (non-hydrogen) atoms. The molecular weight excluding hydrogens is 287 g/mol. The average molecular weight is 299 g/mol. The molecule has 0 fully saturated rings. The molecule has 1 aromatic heterocycles. The Hall–Kier alpha value is -1.72. The lowest BCUT2D eigenvalue weighted by molar-refractivity contribution is 0.101. The van der Waals surface area contributed by atoms with Gasteiger partial charge in [0.1, 0.15) is 0 Å². The maximum absolute atomic E-state index is 12.0. The molecule has 3 N–H and O–H groups in total. The molecule has 0 amide bonds. The van der Waals surface area contributed by atoms with Crippen LogP contribution in [-0.2, 0) is 7.05 Å². The second-order valence-electron chi connectivity index (χ2n) is 3.99. The van der Waals surface area contributed by atoms with Crippen LogP contribution >= 0.6 is 23.2 Å². The Balaban J connectivity index is 2.10. The fraction of sp³-hybridized carbons (Fsp3) is 0.167. The number of anilines is 2. The minimum absolute atomic E-state index is 0.0986. The summed E-state index contributed by atoms with van der Waals surface area (Å²) in [5.74, 6) is 0.466. The van der Waals surface area contributed by atoms with E-state index >= 15 is 0 Å². The van der Waals surface area contributed by atoms with Gasteiger partial charge in [0.15, 0.2) is 5.78 Å². The van der Waals surface area contributed by atoms with E-state index in [9.17, 15) is 4.79 Å². The van der Waals surface area contributed by atoms with Gasteiger partial charge in [0.05, 0.1) is 22.3 Å². The van der Waals surface area contributed by atoms with Crippen LogP contribution in [0.2, 0.25) is 10.0 Å². The quantitative estimate of drug-likeness (QED) is 0.672. The van der Waals surface area contributed by atoms with Gasteiger partial charge in [0.2, 0.25) is 5.95 Å². The van der Waals surface area contributed by atoms with Crippen molar-refractivity contribution in [3.05, 3.63) is 40.1 Å². The van der Waals surface area contributed by atoms with Crippen LogP contribution in [-0.4, -0.2) is 21.9 Å². The lowest BCUT2D eigenvalue weighted by Gasteiger charge is -2.07. The van der Waals surface area contributed by atoms with E-state index in [4.69, 9.17) is 28.9 Å². The van der Waals surface area contributed by atoms with Crippen molar-refractivity contribution in [1.29, 1.82) is 0 Å². The Morgan fingerprint density at radius 2 is 2.05 bits per heavy atom. The fourth-order valence-electron chi connectivity index (χ4n) is 1.54. The van der Waals surface area contributed by atoms with Crippen molar-refractivity contribution in [3.63, 3.8) is 0 Å². The number of aromatic nitrogens is 2. The third-order valence-corrected chi connectivity index (χ3v) is 3.25. The van der Waals surface area contributed by atoms with E-state index in [1.54, 1.807) is 17.0 Å². The van der Waals surface area contributed by atoms with Crippen LogP contribution in [0.3, 0.4) is 0 Å². The monoisotopic (exact) mass is 298 g/mol. The van der Waals surface area contributed by atoms with Crippen LogP contribution in [0, 0.1) is 0 Å². The van der Waals surface area contributed by atoms with Crippen molar-refractivity contribution >= 4 is 40.6 Å². The lowest BCUT2D eigenvalue weighted by atomic mass is 10.1. The van der Waals surface area contributed by atoms with Crippen LogP contribution in [0.15, 0.2) is 24.5 Å². The predicted octanol–water partition coefficient (Wildman–Crippen LogP) is 2.60. The summed E-state index contributed by atoms with van der Waals surface area (Å²) in [5, 5.41) is 3.47. The van der Waals surface area contributed by atoms with Gasteiger partial charge in [-0.25, -0.2) is 4.98 Å². The molecule has 0 saturated carbocycles. The Morgan fingerprint density at radius 3 is 2.58 bits per heavy atom. The Morgan fingerprint density at radius 1 is 1.42 bits per heavy atom. The summed E-state index contributed by atoms with van der Waals surface area (Å²) in [6.07, 6.45) is 3.42. The van der Waals surface area contributed by atoms with Crippen LogP contribution in [0.25, 0.3) is 0 Å². The van der Waals surface area contributed by atoms with E-state index < -0.39 is 0 Å². The van der Waals surface area contributed by atoms with E-state index in [0.29, 0.717) is 11.5 Å². The van der Waals surface area contributed by atoms with Gasteiger partial charge >= 0.3 is 0 Å². The highest BCUT2D eigenvalue weighted by molar-refractivity contribution is 6.39. The number of hydrogen-bond acceptors (Lipinski definition) is 4. The predicted molar refractivity (Wildman–Crippen MR) is 76.9 cm³/mol. The number of carbonyl (C=O) groups excluding carboxylic acids is 1. The smallest absolute Gasteiger partial charge is 0.202 e. The number of nitrogens with zero attached hydrogens (tertiary/aromatic N) is 2. The molecule has 0 unspecified atom stereocenters. The number of ketones is 1. The second-order valence-corrected chi connectivity index (χ2v) is 4.81. The third-order valence-electron chi connectivity index (χ3n) is 2.63. The first-order valence-electron chi connectivity index (χ1n) is 5.48. The van der Waals surface area contributed by atoms with Gasteiger partial charge in [0.25, 0.3) is 0 Å². The zero-order valence-corrected chi connectivity index (χ0v) is 11.7. The highest BCUT2D eigenvalue weighted by Crippen LogP contribution is 2.28. The largest absolute Gasteiger partial charge is 0.396 e. The van der Waals surface area contributed by atoms with E-state index in [2.05, 4.69) is 10.3 Å². The number of halogens is 2. The molecule has 0 saturated heterocycles. The number of benzene rings is 1. The number of rotatable bonds is 4. The van der Waals surface area contributed by atoms with Crippen molar-refractivity contribution in [2.24, 2.45) is 7.05 Å². The van der Waals surface area contributed by atoms with Crippen LogP contribution in [0.5, 0.6) is 0 Å². The van der Waals surface area contributed by atoms with Gasteiger partial charge in [-0.2, -0.15) is 0 Å². The van der Waals surface area contributed by atoms with Gasteiger partial charge in [-0.05, 0) is 12.1 Å². The normalized spacial score (nSPS) is 10.5. The number of nitrogens with two attached hydrogens (primary N) is 1. The number of imidazole rings is 1. The molecule has 0 bridgehead atoms. The molecule has 1 heterocycles. The Bertz CT molecular complexity index is 601. The number of nitrogen functional groups attached to an aromatic ring is 1. The molecule has 2 aromatic rings. The number of Topliss-reactive ketones (excluding diaryl/α,β-unsaturated/α-hetero) is 1. The maximum Gasteiger partial charge on any atom is 0.202 e. The van der Waals surface area contributed by atoms with Gasteiger partial charge in [-0.15, -0.1) is 0 Å². The molecule has 0 spiro atoms. The first-order valence-corrected chi connectivity index (χ1v) is 6.23. The standard InChI is InChI=1S/C12H12Cl2N4O/c1-18-3-2-16-12(18)17-6-10(19)7-4-8(13)11(15)9(14)5-7/h2-5H,6,15H2,1H3,(H,16,17). The molecule has 0 aliphatic carbocycles. The Kier molecular flexibility index (Phi) is 3.97. The second kappa shape index (κ2) is 5.50. The molecule has 2 rings (SSSR count). The minimum atomic E-state index is -0.146. The summed E-state index contributed by atoms with van der Waals surface area (Å²) >= 11 is 11.8. The minimum Gasteiger partial charge on any atom is -0.396 e. The van der Waals surface area contributed by atoms with E-state index in [1.165, 1.54) is 12.1 Å². The topological polar surface area (TPSA) is 72.9 Å². The molecule has 0 aliphatic rings. The first-order chi connectivity index (χ1) is 8.99. The molecule has 7 heteroatoms. The highest BCUT2D eigenvalue weighted by atomic mass is 35.5. The SMILES string of the molecule is Cn1ccnc1NCC(=O)c1cc(Cl)c(N)c(Cl)c1.